The van der Waals surface area contributed by atoms with Crippen molar-refractivity contribution in [3.8, 4) is 11.5 Å². The largest absolute Gasteiger partial charge is 0.490 e. The number of carboxylic acids is 1. The van der Waals surface area contributed by atoms with E-state index in [-0.39, 0.29) is 19.0 Å². The molecule has 1 aromatic rings. The average Bonchev–Trinajstić information content (AvgIpc) is 2.56. The van der Waals surface area contributed by atoms with E-state index in [9.17, 15) is 9.59 Å². The van der Waals surface area contributed by atoms with Crippen LogP contribution in [0.2, 0.25) is 0 Å². The van der Waals surface area contributed by atoms with E-state index in [1.54, 1.807) is 25.2 Å². The van der Waals surface area contributed by atoms with Gasteiger partial charge in [0.25, 0.3) is 0 Å². The van der Waals surface area contributed by atoms with E-state index >= 15 is 0 Å². The molecule has 134 valence electrons. The fourth-order valence-corrected chi connectivity index (χ4v) is 1.83. The highest BCUT2D eigenvalue weighted by Crippen LogP contribution is 2.31. The Balaban J connectivity index is 2.76. The highest BCUT2D eigenvalue weighted by atomic mass is 16.5. The Labute approximate surface area is 142 Å². The van der Waals surface area contributed by atoms with Crippen LogP contribution in [0.15, 0.2) is 18.2 Å². The number of hydrogen-bond acceptors (Lipinski definition) is 4. The number of carboxylic acid groups (broad SMARTS) is 1. The number of carbonyl (C=O) groups is 2. The summed E-state index contributed by atoms with van der Waals surface area (Å²) in [4.78, 5) is 23.9. The molecule has 0 spiro atoms. The molecule has 1 rings (SSSR count). The van der Waals surface area contributed by atoms with E-state index in [4.69, 9.17) is 14.6 Å². The molecule has 0 heterocycles. The van der Waals surface area contributed by atoms with Crippen molar-refractivity contribution in [2.24, 2.45) is 0 Å². The molecule has 0 atom stereocenters. The number of nitrogens with zero attached hydrogens (tertiary/aromatic N) is 1. The first kappa shape index (κ1) is 19.6. The maximum Gasteiger partial charge on any atom is 0.321 e. The Hall–Kier alpha value is -2.44. The van der Waals surface area contributed by atoms with Gasteiger partial charge in [0.15, 0.2) is 11.5 Å². The van der Waals surface area contributed by atoms with Gasteiger partial charge in [-0.15, -0.1) is 0 Å². The number of benzene rings is 1. The van der Waals surface area contributed by atoms with Crippen LogP contribution in [0.5, 0.6) is 11.5 Å². The van der Waals surface area contributed by atoms with Crippen molar-refractivity contribution in [1.82, 2.24) is 4.90 Å². The van der Waals surface area contributed by atoms with Gasteiger partial charge in [0, 0.05) is 25.3 Å². The Morgan fingerprint density at radius 1 is 1.12 bits per heavy atom. The lowest BCUT2D eigenvalue weighted by molar-refractivity contribution is -0.137. The lowest BCUT2D eigenvalue weighted by atomic mass is 10.2. The fraction of sp³-hybridized carbons (Fsp3) is 0.529. The molecule has 0 aliphatic heterocycles. The third-order valence-corrected chi connectivity index (χ3v) is 3.13. The predicted octanol–water partition coefficient (Wildman–Crippen LogP) is 3.20. The fourth-order valence-electron chi connectivity index (χ4n) is 1.83. The van der Waals surface area contributed by atoms with Gasteiger partial charge in [-0.2, -0.15) is 0 Å². The van der Waals surface area contributed by atoms with Gasteiger partial charge in [0.1, 0.15) is 0 Å². The standard InChI is InChI=1S/C17H26N2O5/c1-4-10-23-14-7-6-13(12-15(14)24-11-5-2)18-17(22)19(3)9-8-16(20)21/h6-7,12H,4-5,8-11H2,1-3H3,(H,18,22)(H,20,21). The summed E-state index contributed by atoms with van der Waals surface area (Å²) in [5.41, 5.74) is 0.567. The molecule has 0 bridgehead atoms. The van der Waals surface area contributed by atoms with Crippen molar-refractivity contribution in [2.75, 3.05) is 32.1 Å². The van der Waals surface area contributed by atoms with Crippen LogP contribution < -0.4 is 14.8 Å². The second-order valence-electron chi connectivity index (χ2n) is 5.35. The monoisotopic (exact) mass is 338 g/mol. The quantitative estimate of drug-likeness (QED) is 0.684. The number of amides is 2. The van der Waals surface area contributed by atoms with Crippen molar-refractivity contribution in [3.63, 3.8) is 0 Å². The van der Waals surface area contributed by atoms with Gasteiger partial charge in [-0.1, -0.05) is 13.8 Å². The minimum absolute atomic E-state index is 0.0986. The number of nitrogens with one attached hydrogen (secondary N) is 1. The number of aliphatic carboxylic acids is 1. The summed E-state index contributed by atoms with van der Waals surface area (Å²) >= 11 is 0. The molecule has 24 heavy (non-hydrogen) atoms. The topological polar surface area (TPSA) is 88.1 Å². The molecule has 0 aliphatic rings. The normalized spacial score (nSPS) is 10.1. The molecular formula is C17H26N2O5. The van der Waals surface area contributed by atoms with E-state index in [1.165, 1.54) is 4.90 Å². The summed E-state index contributed by atoms with van der Waals surface area (Å²) in [7, 11) is 1.55. The zero-order valence-corrected chi connectivity index (χ0v) is 14.5. The van der Waals surface area contributed by atoms with Gasteiger partial charge < -0.3 is 24.8 Å². The van der Waals surface area contributed by atoms with Crippen molar-refractivity contribution < 1.29 is 24.2 Å². The number of carbonyl (C=O) groups excluding carboxylic acids is 1. The van der Waals surface area contributed by atoms with Crippen molar-refractivity contribution >= 4 is 17.7 Å². The lowest BCUT2D eigenvalue weighted by Crippen LogP contribution is -2.33. The summed E-state index contributed by atoms with van der Waals surface area (Å²) < 4.78 is 11.3. The first-order chi connectivity index (χ1) is 11.5. The molecule has 1 aromatic carbocycles. The van der Waals surface area contributed by atoms with Crippen LogP contribution in [0.3, 0.4) is 0 Å². The number of ether oxygens (including phenoxy) is 2. The highest BCUT2D eigenvalue weighted by Gasteiger charge is 2.12. The number of anilines is 1. The summed E-state index contributed by atoms with van der Waals surface area (Å²) in [5, 5.41) is 11.4. The summed E-state index contributed by atoms with van der Waals surface area (Å²) in [6, 6.07) is 4.82. The van der Waals surface area contributed by atoms with E-state index in [0.717, 1.165) is 12.8 Å². The van der Waals surface area contributed by atoms with Crippen molar-refractivity contribution in [3.05, 3.63) is 18.2 Å². The van der Waals surface area contributed by atoms with Crippen molar-refractivity contribution in [1.29, 1.82) is 0 Å². The highest BCUT2D eigenvalue weighted by molar-refractivity contribution is 5.89. The lowest BCUT2D eigenvalue weighted by Gasteiger charge is -2.18. The maximum atomic E-state index is 12.1. The van der Waals surface area contributed by atoms with Gasteiger partial charge in [0.05, 0.1) is 19.6 Å². The SMILES string of the molecule is CCCOc1ccc(NC(=O)N(C)CCC(=O)O)cc1OCCC. The van der Waals surface area contributed by atoms with Gasteiger partial charge in [-0.25, -0.2) is 4.79 Å². The van der Waals surface area contributed by atoms with E-state index in [0.29, 0.717) is 30.4 Å². The Kier molecular flexibility index (Phi) is 8.46. The molecule has 2 N–H and O–H groups in total. The molecule has 0 fully saturated rings. The van der Waals surface area contributed by atoms with Crippen LogP contribution >= 0.6 is 0 Å². The molecule has 7 nitrogen and oxygen atoms in total. The second-order valence-corrected chi connectivity index (χ2v) is 5.35. The van der Waals surface area contributed by atoms with Crippen LogP contribution in [0.25, 0.3) is 0 Å². The molecule has 0 aromatic heterocycles. The summed E-state index contributed by atoms with van der Waals surface area (Å²) in [5.74, 6) is 0.279. The third-order valence-electron chi connectivity index (χ3n) is 3.13. The van der Waals surface area contributed by atoms with Gasteiger partial charge in [-0.3, -0.25) is 4.79 Å². The number of rotatable bonds is 10. The van der Waals surface area contributed by atoms with Gasteiger partial charge in [-0.05, 0) is 25.0 Å². The zero-order chi connectivity index (χ0) is 17.9. The molecule has 7 heteroatoms. The molecule has 0 saturated carbocycles. The molecule has 0 radical (unpaired) electrons. The number of urea groups is 1. The molecular weight excluding hydrogens is 312 g/mol. The minimum Gasteiger partial charge on any atom is -0.490 e. The zero-order valence-electron chi connectivity index (χ0n) is 14.5. The average molecular weight is 338 g/mol. The van der Waals surface area contributed by atoms with Crippen LogP contribution in [0.4, 0.5) is 10.5 Å². The number of hydrogen-bond donors (Lipinski definition) is 2. The summed E-state index contributed by atoms with van der Waals surface area (Å²) in [6.07, 6.45) is 1.65. The van der Waals surface area contributed by atoms with Crippen LogP contribution in [-0.2, 0) is 4.79 Å². The molecule has 0 saturated heterocycles. The Bertz CT molecular complexity index is 548. The molecule has 0 aliphatic carbocycles. The van der Waals surface area contributed by atoms with Gasteiger partial charge >= 0.3 is 12.0 Å². The first-order valence-corrected chi connectivity index (χ1v) is 8.11. The maximum absolute atomic E-state index is 12.1. The van der Waals surface area contributed by atoms with Crippen LogP contribution in [0, 0.1) is 0 Å². The van der Waals surface area contributed by atoms with Gasteiger partial charge in [0.2, 0.25) is 0 Å². The molecule has 0 unspecified atom stereocenters. The van der Waals surface area contributed by atoms with Crippen LogP contribution in [0.1, 0.15) is 33.1 Å². The Morgan fingerprint density at radius 2 is 1.75 bits per heavy atom. The van der Waals surface area contributed by atoms with E-state index in [1.807, 2.05) is 13.8 Å². The van der Waals surface area contributed by atoms with Crippen LogP contribution in [-0.4, -0.2) is 48.8 Å². The smallest absolute Gasteiger partial charge is 0.321 e. The molecule has 2 amide bonds. The summed E-state index contributed by atoms with van der Waals surface area (Å²) in [6.45, 7) is 5.31. The van der Waals surface area contributed by atoms with Crippen molar-refractivity contribution in [2.45, 2.75) is 33.1 Å². The minimum atomic E-state index is -0.942. The third kappa shape index (κ3) is 6.76. The first-order valence-electron chi connectivity index (χ1n) is 8.11. The Morgan fingerprint density at radius 3 is 2.33 bits per heavy atom. The second kappa shape index (κ2) is 10.4. The predicted molar refractivity (Wildman–Crippen MR) is 91.9 cm³/mol. The van der Waals surface area contributed by atoms with E-state index in [2.05, 4.69) is 5.32 Å². The van der Waals surface area contributed by atoms with E-state index < -0.39 is 5.97 Å².